The first-order chi connectivity index (χ1) is 14.1. The lowest BCUT2D eigenvalue weighted by atomic mass is 9.95. The zero-order chi connectivity index (χ0) is 22.4. The summed E-state index contributed by atoms with van der Waals surface area (Å²) in [5.41, 5.74) is 2.11. The largest absolute Gasteiger partial charge is 0.493 e. The minimum atomic E-state index is -2.03. The summed E-state index contributed by atoms with van der Waals surface area (Å²) >= 11 is 0. The predicted octanol–water partition coefficient (Wildman–Crippen LogP) is 6.56. The molecule has 30 heavy (non-hydrogen) atoms. The maximum atomic E-state index is 11.2. The van der Waals surface area contributed by atoms with Crippen LogP contribution in [0.15, 0.2) is 48.5 Å². The Morgan fingerprint density at radius 3 is 2.27 bits per heavy atom. The zero-order valence-corrected chi connectivity index (χ0v) is 20.4. The summed E-state index contributed by atoms with van der Waals surface area (Å²) in [5.74, 6) is 1.43. The fourth-order valence-electron chi connectivity index (χ4n) is 3.00. The quantitative estimate of drug-likeness (QED) is 0.317. The van der Waals surface area contributed by atoms with Crippen molar-refractivity contribution < 1.29 is 18.7 Å². The summed E-state index contributed by atoms with van der Waals surface area (Å²) in [6.45, 7) is 13.7. The standard InChI is InChI=1S/C25H36O4Si/c1-19(15-16-26)24(29-30(6,7)25(2,3)4)21-13-14-22(23(17-21)27-5)28-18-20-11-9-8-10-12-20/h8-14,16-17,19,24H,15,18H2,1-7H3/t19-,24+/m0/s1. The van der Waals surface area contributed by atoms with Crippen molar-refractivity contribution in [1.29, 1.82) is 0 Å². The van der Waals surface area contributed by atoms with Crippen LogP contribution in [0.5, 0.6) is 11.5 Å². The molecule has 2 aromatic carbocycles. The lowest BCUT2D eigenvalue weighted by Crippen LogP contribution is -2.43. The number of carbonyl (C=O) groups excluding carboxylic acids is 1. The molecule has 0 bridgehead atoms. The number of rotatable bonds is 10. The molecule has 0 N–H and O–H groups in total. The van der Waals surface area contributed by atoms with E-state index < -0.39 is 8.32 Å². The molecule has 0 fully saturated rings. The first kappa shape index (κ1) is 24.2. The molecule has 0 radical (unpaired) electrons. The Kier molecular flexibility index (Phi) is 8.27. The van der Waals surface area contributed by atoms with Crippen LogP contribution in [0.4, 0.5) is 0 Å². The van der Waals surface area contributed by atoms with E-state index in [1.165, 1.54) is 0 Å². The van der Waals surface area contributed by atoms with Crippen LogP contribution in [0.2, 0.25) is 18.1 Å². The van der Waals surface area contributed by atoms with Gasteiger partial charge in [0.15, 0.2) is 19.8 Å². The van der Waals surface area contributed by atoms with Crippen LogP contribution < -0.4 is 9.47 Å². The van der Waals surface area contributed by atoms with Crippen LogP contribution >= 0.6 is 0 Å². The van der Waals surface area contributed by atoms with Gasteiger partial charge in [-0.1, -0.05) is 64.1 Å². The highest BCUT2D eigenvalue weighted by Crippen LogP contribution is 2.43. The number of benzene rings is 2. The monoisotopic (exact) mass is 428 g/mol. The summed E-state index contributed by atoms with van der Waals surface area (Å²) < 4.78 is 18.4. The van der Waals surface area contributed by atoms with Crippen LogP contribution in [-0.2, 0) is 15.8 Å². The summed E-state index contributed by atoms with van der Waals surface area (Å²) in [6.07, 6.45) is 1.25. The number of hydrogen-bond donors (Lipinski definition) is 0. The van der Waals surface area contributed by atoms with Gasteiger partial charge in [0.1, 0.15) is 12.9 Å². The summed E-state index contributed by atoms with van der Waals surface area (Å²) in [6, 6.07) is 16.0. The number of methoxy groups -OCH3 is 1. The van der Waals surface area contributed by atoms with Crippen LogP contribution in [0.3, 0.4) is 0 Å². The predicted molar refractivity (Wildman–Crippen MR) is 125 cm³/mol. The Morgan fingerprint density at radius 1 is 1.03 bits per heavy atom. The van der Waals surface area contributed by atoms with Crippen molar-refractivity contribution in [2.24, 2.45) is 5.92 Å². The molecule has 0 aliphatic carbocycles. The second-order valence-corrected chi connectivity index (χ2v) is 14.1. The van der Waals surface area contributed by atoms with Gasteiger partial charge in [-0.2, -0.15) is 0 Å². The molecule has 0 unspecified atom stereocenters. The molecule has 164 valence electrons. The summed E-state index contributed by atoms with van der Waals surface area (Å²) in [5, 5.41) is 0.0783. The molecular formula is C25H36O4Si. The van der Waals surface area contributed by atoms with Crippen molar-refractivity contribution in [3.8, 4) is 11.5 Å². The van der Waals surface area contributed by atoms with E-state index in [4.69, 9.17) is 13.9 Å². The Balaban J connectivity index is 2.30. The number of aldehydes is 1. The molecule has 2 atom stereocenters. The fraction of sp³-hybridized carbons (Fsp3) is 0.480. The molecule has 0 amide bonds. The molecule has 2 rings (SSSR count). The third-order valence-corrected chi connectivity index (χ3v) is 10.4. The van der Waals surface area contributed by atoms with E-state index >= 15 is 0 Å². The van der Waals surface area contributed by atoms with Crippen LogP contribution in [0, 0.1) is 5.92 Å². The average Bonchev–Trinajstić information content (AvgIpc) is 2.70. The highest BCUT2D eigenvalue weighted by atomic mass is 28.4. The maximum Gasteiger partial charge on any atom is 0.192 e. The highest BCUT2D eigenvalue weighted by Gasteiger charge is 2.40. The van der Waals surface area contributed by atoms with Crippen molar-refractivity contribution in [3.05, 3.63) is 59.7 Å². The van der Waals surface area contributed by atoms with E-state index in [9.17, 15) is 4.79 Å². The second-order valence-electron chi connectivity index (χ2n) is 9.36. The van der Waals surface area contributed by atoms with Gasteiger partial charge in [-0.3, -0.25) is 0 Å². The Bertz CT molecular complexity index is 812. The van der Waals surface area contributed by atoms with Gasteiger partial charge in [0.25, 0.3) is 0 Å². The molecule has 0 heterocycles. The van der Waals surface area contributed by atoms with E-state index in [0.717, 1.165) is 17.4 Å². The second kappa shape index (κ2) is 10.3. The van der Waals surface area contributed by atoms with Crippen molar-refractivity contribution in [3.63, 3.8) is 0 Å². The van der Waals surface area contributed by atoms with Crippen molar-refractivity contribution >= 4 is 14.6 Å². The maximum absolute atomic E-state index is 11.2. The molecule has 0 aliphatic rings. The zero-order valence-electron chi connectivity index (χ0n) is 19.4. The summed E-state index contributed by atoms with van der Waals surface area (Å²) in [7, 11) is -0.385. The van der Waals surface area contributed by atoms with E-state index in [-0.39, 0.29) is 17.1 Å². The van der Waals surface area contributed by atoms with Crippen molar-refractivity contribution in [1.82, 2.24) is 0 Å². The topological polar surface area (TPSA) is 44.8 Å². The molecule has 5 heteroatoms. The van der Waals surface area contributed by atoms with E-state index in [1.54, 1.807) is 7.11 Å². The molecule has 2 aromatic rings. The molecule has 0 aromatic heterocycles. The molecule has 4 nitrogen and oxygen atoms in total. The van der Waals surface area contributed by atoms with Crippen molar-refractivity contribution in [2.45, 2.75) is 65.0 Å². The van der Waals surface area contributed by atoms with Gasteiger partial charge in [0, 0.05) is 6.42 Å². The van der Waals surface area contributed by atoms with Crippen LogP contribution in [0.25, 0.3) is 0 Å². The van der Waals surface area contributed by atoms with Gasteiger partial charge in [-0.15, -0.1) is 0 Å². The summed E-state index contributed by atoms with van der Waals surface area (Å²) in [4.78, 5) is 11.2. The third kappa shape index (κ3) is 6.19. The van der Waals surface area contributed by atoms with Crippen LogP contribution in [-0.4, -0.2) is 21.7 Å². The van der Waals surface area contributed by atoms with E-state index in [2.05, 4.69) is 40.8 Å². The SMILES string of the molecule is COc1cc([C@H](O[Si](C)(C)C(C)(C)C)[C@@H](C)CC=O)ccc1OCc1ccccc1. The third-order valence-electron chi connectivity index (χ3n) is 5.97. The highest BCUT2D eigenvalue weighted by molar-refractivity contribution is 6.74. The lowest BCUT2D eigenvalue weighted by molar-refractivity contribution is -0.109. The smallest absolute Gasteiger partial charge is 0.192 e. The number of ether oxygens (including phenoxy) is 2. The van der Waals surface area contributed by atoms with Gasteiger partial charge in [0.05, 0.1) is 13.2 Å². The molecule has 0 saturated heterocycles. The molecular weight excluding hydrogens is 392 g/mol. The van der Waals surface area contributed by atoms with Gasteiger partial charge >= 0.3 is 0 Å². The lowest BCUT2D eigenvalue weighted by Gasteiger charge is -2.41. The van der Waals surface area contributed by atoms with Crippen LogP contribution in [0.1, 0.15) is 51.3 Å². The minimum absolute atomic E-state index is 0.0671. The fourth-order valence-corrected chi connectivity index (χ4v) is 4.35. The van der Waals surface area contributed by atoms with Gasteiger partial charge in [-0.25, -0.2) is 0 Å². The molecule has 0 spiro atoms. The van der Waals surface area contributed by atoms with Gasteiger partial charge < -0.3 is 18.7 Å². The van der Waals surface area contributed by atoms with E-state index in [0.29, 0.717) is 24.5 Å². The first-order valence-corrected chi connectivity index (χ1v) is 13.5. The average molecular weight is 429 g/mol. The normalized spacial score (nSPS) is 14.1. The van der Waals surface area contributed by atoms with Gasteiger partial charge in [0.2, 0.25) is 0 Å². The van der Waals surface area contributed by atoms with Gasteiger partial charge in [-0.05, 0) is 47.3 Å². The number of carbonyl (C=O) groups is 1. The number of hydrogen-bond acceptors (Lipinski definition) is 4. The molecule has 0 aliphatic heterocycles. The Hall–Kier alpha value is -2.11. The molecule has 0 saturated carbocycles. The first-order valence-electron chi connectivity index (χ1n) is 10.5. The van der Waals surface area contributed by atoms with E-state index in [1.807, 2.05) is 48.5 Å². The Morgan fingerprint density at radius 2 is 1.70 bits per heavy atom. The van der Waals surface area contributed by atoms with Crippen molar-refractivity contribution in [2.75, 3.05) is 7.11 Å². The Labute approximate surface area is 182 Å². The minimum Gasteiger partial charge on any atom is -0.493 e.